The Hall–Kier alpha value is -0.160. The molecule has 2 atom stereocenters. The second-order valence-electron chi connectivity index (χ2n) is 5.84. The first-order chi connectivity index (χ1) is 8.54. The average Bonchev–Trinajstić information content (AvgIpc) is 2.38. The van der Waals surface area contributed by atoms with E-state index >= 15 is 0 Å². The van der Waals surface area contributed by atoms with Gasteiger partial charge >= 0.3 is 0 Å². The zero-order chi connectivity index (χ0) is 13.6. The number of nitrogens with zero attached hydrogens (tertiary/aromatic N) is 2. The number of hydrogen-bond donors (Lipinski definition) is 2. The van der Waals surface area contributed by atoms with Crippen LogP contribution in [0.4, 0.5) is 0 Å². The Morgan fingerprint density at radius 2 is 2.06 bits per heavy atom. The summed E-state index contributed by atoms with van der Waals surface area (Å²) in [6, 6.07) is 0.693. The third kappa shape index (κ3) is 4.50. The lowest BCUT2D eigenvalue weighted by Crippen LogP contribution is -2.53. The minimum Gasteiger partial charge on any atom is -0.394 e. The number of nitrogens with one attached hydrogen (secondary N) is 1. The van der Waals surface area contributed by atoms with Gasteiger partial charge in [-0.05, 0) is 33.4 Å². The SMILES string of the molecule is CCNC(C)(CO)CCN1CCN(C)C(CC)C1. The fourth-order valence-electron chi connectivity index (χ4n) is 2.71. The molecule has 4 heteroatoms. The van der Waals surface area contributed by atoms with Crippen LogP contribution in [0.25, 0.3) is 0 Å². The summed E-state index contributed by atoms with van der Waals surface area (Å²) in [5.41, 5.74) is -0.125. The Balaban J connectivity index is 2.38. The van der Waals surface area contributed by atoms with Crippen molar-refractivity contribution in [2.24, 2.45) is 0 Å². The summed E-state index contributed by atoms with van der Waals surface area (Å²) in [6.45, 7) is 12.2. The minimum atomic E-state index is -0.125. The Bertz CT molecular complexity index is 237. The molecule has 18 heavy (non-hydrogen) atoms. The molecular weight excluding hydrogens is 226 g/mol. The summed E-state index contributed by atoms with van der Waals surface area (Å²) in [5, 5.41) is 12.9. The Kier molecular flexibility index (Phi) is 6.57. The zero-order valence-electron chi connectivity index (χ0n) is 12.6. The molecule has 1 aliphatic heterocycles. The van der Waals surface area contributed by atoms with E-state index in [1.807, 2.05) is 0 Å². The van der Waals surface area contributed by atoms with Gasteiger partial charge in [-0.2, -0.15) is 0 Å². The van der Waals surface area contributed by atoms with Crippen molar-refractivity contribution in [1.82, 2.24) is 15.1 Å². The van der Waals surface area contributed by atoms with Crippen molar-refractivity contribution in [3.05, 3.63) is 0 Å². The predicted octanol–water partition coefficient (Wildman–Crippen LogP) is 0.763. The Labute approximate surface area is 112 Å². The van der Waals surface area contributed by atoms with Crippen molar-refractivity contribution in [1.29, 1.82) is 0 Å². The van der Waals surface area contributed by atoms with E-state index in [1.165, 1.54) is 13.0 Å². The van der Waals surface area contributed by atoms with Gasteiger partial charge in [0.1, 0.15) is 0 Å². The maximum absolute atomic E-state index is 9.50. The summed E-state index contributed by atoms with van der Waals surface area (Å²) in [7, 11) is 2.22. The van der Waals surface area contributed by atoms with E-state index in [-0.39, 0.29) is 12.1 Å². The van der Waals surface area contributed by atoms with E-state index in [1.54, 1.807) is 0 Å². The summed E-state index contributed by atoms with van der Waals surface area (Å²) in [4.78, 5) is 5.01. The molecule has 0 aromatic heterocycles. The van der Waals surface area contributed by atoms with E-state index in [9.17, 15) is 5.11 Å². The topological polar surface area (TPSA) is 38.7 Å². The summed E-state index contributed by atoms with van der Waals surface area (Å²) < 4.78 is 0. The molecule has 0 aromatic rings. The first-order valence-corrected chi connectivity index (χ1v) is 7.33. The van der Waals surface area contributed by atoms with Crippen molar-refractivity contribution in [2.45, 2.75) is 45.2 Å². The van der Waals surface area contributed by atoms with Crippen LogP contribution in [0, 0.1) is 0 Å². The van der Waals surface area contributed by atoms with Crippen LogP contribution in [0.15, 0.2) is 0 Å². The highest BCUT2D eigenvalue weighted by Crippen LogP contribution is 2.14. The van der Waals surface area contributed by atoms with E-state index in [0.29, 0.717) is 6.04 Å². The summed E-state index contributed by atoms with van der Waals surface area (Å²) in [5.74, 6) is 0. The lowest BCUT2D eigenvalue weighted by Gasteiger charge is -2.40. The largest absolute Gasteiger partial charge is 0.394 e. The standard InChI is InChI=1S/C14H31N3O/c1-5-13-11-17(10-9-16(13)4)8-7-14(3,12-18)15-6-2/h13,15,18H,5-12H2,1-4H3. The highest BCUT2D eigenvalue weighted by Gasteiger charge is 2.26. The van der Waals surface area contributed by atoms with Gasteiger partial charge < -0.3 is 20.2 Å². The van der Waals surface area contributed by atoms with E-state index in [2.05, 4.69) is 42.9 Å². The monoisotopic (exact) mass is 257 g/mol. The van der Waals surface area contributed by atoms with Crippen LogP contribution in [0.2, 0.25) is 0 Å². The normalized spacial score (nSPS) is 26.2. The molecule has 2 N–H and O–H groups in total. The molecule has 1 aliphatic rings. The molecule has 0 radical (unpaired) electrons. The molecule has 1 rings (SSSR count). The van der Waals surface area contributed by atoms with Gasteiger partial charge in [-0.15, -0.1) is 0 Å². The molecule has 0 amide bonds. The molecule has 0 aliphatic carbocycles. The first-order valence-electron chi connectivity index (χ1n) is 7.33. The summed E-state index contributed by atoms with van der Waals surface area (Å²) >= 11 is 0. The fourth-order valence-corrected chi connectivity index (χ4v) is 2.71. The van der Waals surface area contributed by atoms with Gasteiger partial charge in [0.2, 0.25) is 0 Å². The zero-order valence-corrected chi connectivity index (χ0v) is 12.6. The molecule has 0 aromatic carbocycles. The number of aliphatic hydroxyl groups excluding tert-OH is 1. The van der Waals surface area contributed by atoms with Gasteiger partial charge in [0.05, 0.1) is 6.61 Å². The number of likely N-dealkylation sites (N-methyl/N-ethyl adjacent to an activating group) is 2. The van der Waals surface area contributed by atoms with Gasteiger partial charge in [-0.3, -0.25) is 0 Å². The van der Waals surface area contributed by atoms with Crippen molar-refractivity contribution < 1.29 is 5.11 Å². The minimum absolute atomic E-state index is 0.125. The lowest BCUT2D eigenvalue weighted by molar-refractivity contribution is 0.0782. The first kappa shape index (κ1) is 15.9. The van der Waals surface area contributed by atoms with Crippen molar-refractivity contribution in [3.8, 4) is 0 Å². The van der Waals surface area contributed by atoms with Gasteiger partial charge in [-0.25, -0.2) is 0 Å². The number of piperazine rings is 1. The highest BCUT2D eigenvalue weighted by molar-refractivity contribution is 4.85. The van der Waals surface area contributed by atoms with E-state index < -0.39 is 0 Å². The molecule has 1 saturated heterocycles. The Morgan fingerprint density at radius 3 is 2.61 bits per heavy atom. The summed E-state index contributed by atoms with van der Waals surface area (Å²) in [6.07, 6.45) is 2.23. The van der Waals surface area contributed by atoms with Gasteiger partial charge in [0.15, 0.2) is 0 Å². The molecule has 2 unspecified atom stereocenters. The van der Waals surface area contributed by atoms with E-state index in [4.69, 9.17) is 0 Å². The average molecular weight is 257 g/mol. The van der Waals surface area contributed by atoms with Gasteiger partial charge in [0, 0.05) is 37.8 Å². The van der Waals surface area contributed by atoms with Crippen LogP contribution in [-0.2, 0) is 0 Å². The molecule has 1 heterocycles. The van der Waals surface area contributed by atoms with Crippen LogP contribution in [-0.4, -0.2) is 72.9 Å². The number of hydrogen-bond acceptors (Lipinski definition) is 4. The van der Waals surface area contributed by atoms with Gasteiger partial charge in [0.25, 0.3) is 0 Å². The predicted molar refractivity (Wildman–Crippen MR) is 76.9 cm³/mol. The van der Waals surface area contributed by atoms with E-state index in [0.717, 1.165) is 32.6 Å². The fraction of sp³-hybridized carbons (Fsp3) is 1.00. The molecule has 0 bridgehead atoms. The lowest BCUT2D eigenvalue weighted by atomic mass is 9.98. The van der Waals surface area contributed by atoms with Crippen molar-refractivity contribution >= 4 is 0 Å². The maximum atomic E-state index is 9.50. The molecule has 0 saturated carbocycles. The highest BCUT2D eigenvalue weighted by atomic mass is 16.3. The van der Waals surface area contributed by atoms with Crippen LogP contribution in [0.3, 0.4) is 0 Å². The van der Waals surface area contributed by atoms with Crippen LogP contribution in [0.5, 0.6) is 0 Å². The maximum Gasteiger partial charge on any atom is 0.0611 e. The molecule has 0 spiro atoms. The quantitative estimate of drug-likeness (QED) is 0.706. The van der Waals surface area contributed by atoms with Gasteiger partial charge in [-0.1, -0.05) is 13.8 Å². The van der Waals surface area contributed by atoms with Crippen molar-refractivity contribution in [3.63, 3.8) is 0 Å². The molecule has 4 nitrogen and oxygen atoms in total. The molecular formula is C14H31N3O. The molecule has 108 valence electrons. The second-order valence-corrected chi connectivity index (χ2v) is 5.84. The number of aliphatic hydroxyl groups is 1. The third-order valence-electron chi connectivity index (χ3n) is 4.26. The van der Waals surface area contributed by atoms with Crippen LogP contribution in [0.1, 0.15) is 33.6 Å². The third-order valence-corrected chi connectivity index (χ3v) is 4.26. The van der Waals surface area contributed by atoms with Crippen molar-refractivity contribution in [2.75, 3.05) is 46.4 Å². The second kappa shape index (κ2) is 7.43. The smallest absolute Gasteiger partial charge is 0.0611 e. The van der Waals surface area contributed by atoms with Crippen LogP contribution >= 0.6 is 0 Å². The number of rotatable bonds is 7. The molecule has 1 fully saturated rings. The Morgan fingerprint density at radius 1 is 1.33 bits per heavy atom. The van der Waals surface area contributed by atoms with Crippen LogP contribution < -0.4 is 5.32 Å².